The number of aliphatic hydroxyl groups excluding tert-OH is 1. The van der Waals surface area contributed by atoms with Crippen LogP contribution in [0.15, 0.2) is 11.6 Å². The van der Waals surface area contributed by atoms with Crippen LogP contribution in [0, 0.1) is 11.8 Å². The molecular weight excluding hydrogens is 124 g/mol. The van der Waals surface area contributed by atoms with E-state index in [-0.39, 0.29) is 6.61 Å². The molecule has 0 amide bonds. The second kappa shape index (κ2) is 6.38. The summed E-state index contributed by atoms with van der Waals surface area (Å²) in [7, 11) is 0. The van der Waals surface area contributed by atoms with Gasteiger partial charge in [0.25, 0.3) is 0 Å². The molecule has 0 fully saturated rings. The maximum Gasteiger partial charge on any atom is 0.104 e. The molecule has 0 spiro atoms. The predicted molar refractivity (Wildman–Crippen MR) is 43.5 cm³/mol. The summed E-state index contributed by atoms with van der Waals surface area (Å²) in [6.07, 6.45) is 3.99. The summed E-state index contributed by atoms with van der Waals surface area (Å²) < 4.78 is 0. The lowest BCUT2D eigenvalue weighted by Gasteiger charge is -1.85. The third-order valence-electron chi connectivity index (χ3n) is 1.03. The van der Waals surface area contributed by atoms with Gasteiger partial charge in [0.2, 0.25) is 0 Å². The molecular formula is C9H14O. The number of hydrogen-bond donors (Lipinski definition) is 1. The normalized spacial score (nSPS) is 7.90. The Morgan fingerprint density at radius 3 is 2.60 bits per heavy atom. The van der Waals surface area contributed by atoms with E-state index in [1.165, 1.54) is 5.57 Å². The van der Waals surface area contributed by atoms with Crippen LogP contribution in [0.25, 0.3) is 0 Å². The first-order valence-corrected chi connectivity index (χ1v) is 3.47. The number of aliphatic hydroxyl groups is 1. The Labute approximate surface area is 62.8 Å². The van der Waals surface area contributed by atoms with Crippen molar-refractivity contribution in [2.24, 2.45) is 0 Å². The molecule has 0 aliphatic carbocycles. The Kier molecular flexibility index (Phi) is 5.91. The average molecular weight is 138 g/mol. The van der Waals surface area contributed by atoms with Crippen LogP contribution in [-0.2, 0) is 0 Å². The molecule has 0 aromatic heterocycles. The Bertz CT molecular complexity index is 153. The first-order valence-electron chi connectivity index (χ1n) is 3.47. The van der Waals surface area contributed by atoms with Crippen molar-refractivity contribution in [1.82, 2.24) is 0 Å². The van der Waals surface area contributed by atoms with Gasteiger partial charge < -0.3 is 5.11 Å². The predicted octanol–water partition coefficient (Wildman–Crippen LogP) is 1.73. The zero-order chi connectivity index (χ0) is 7.82. The molecule has 0 aliphatic rings. The van der Waals surface area contributed by atoms with Gasteiger partial charge in [-0.2, -0.15) is 0 Å². The van der Waals surface area contributed by atoms with E-state index in [1.807, 2.05) is 0 Å². The van der Waals surface area contributed by atoms with Gasteiger partial charge in [0, 0.05) is 6.42 Å². The molecule has 10 heavy (non-hydrogen) atoms. The third-order valence-corrected chi connectivity index (χ3v) is 1.03. The van der Waals surface area contributed by atoms with E-state index in [0.717, 1.165) is 12.8 Å². The Balaban J connectivity index is 3.29. The summed E-state index contributed by atoms with van der Waals surface area (Å²) in [6, 6.07) is 0. The Hall–Kier alpha value is -0.740. The minimum atomic E-state index is -0.0190. The van der Waals surface area contributed by atoms with Gasteiger partial charge in [-0.3, -0.25) is 0 Å². The van der Waals surface area contributed by atoms with Gasteiger partial charge >= 0.3 is 0 Å². The molecule has 0 atom stereocenters. The van der Waals surface area contributed by atoms with E-state index in [9.17, 15) is 0 Å². The average Bonchev–Trinajstić information content (AvgIpc) is 1.87. The Morgan fingerprint density at radius 1 is 1.40 bits per heavy atom. The summed E-state index contributed by atoms with van der Waals surface area (Å²) in [5.74, 6) is 5.44. The largest absolute Gasteiger partial charge is 0.384 e. The number of unbranched alkanes of at least 4 members (excludes halogenated alkanes) is 1. The van der Waals surface area contributed by atoms with Crippen molar-refractivity contribution in [3.05, 3.63) is 11.6 Å². The summed E-state index contributed by atoms with van der Waals surface area (Å²) in [6.45, 7) is 4.12. The molecule has 0 saturated heterocycles. The van der Waals surface area contributed by atoms with Crippen molar-refractivity contribution in [2.45, 2.75) is 26.7 Å². The molecule has 0 aromatic carbocycles. The monoisotopic (exact) mass is 138 g/mol. The molecule has 0 unspecified atom stereocenters. The lowest BCUT2D eigenvalue weighted by atomic mass is 10.2. The molecule has 1 heteroatoms. The molecule has 0 radical (unpaired) electrons. The number of rotatable bonds is 2. The number of hydrogen-bond acceptors (Lipinski definition) is 1. The fourth-order valence-corrected chi connectivity index (χ4v) is 0.577. The molecule has 0 rings (SSSR count). The maximum absolute atomic E-state index is 8.29. The summed E-state index contributed by atoms with van der Waals surface area (Å²) in [5.41, 5.74) is 1.32. The fraction of sp³-hybridized carbons (Fsp3) is 0.556. The van der Waals surface area contributed by atoms with E-state index in [2.05, 4.69) is 31.8 Å². The highest BCUT2D eigenvalue weighted by Gasteiger charge is 1.76. The first-order chi connectivity index (χ1) is 4.77. The quantitative estimate of drug-likeness (QED) is 0.350. The van der Waals surface area contributed by atoms with E-state index < -0.39 is 0 Å². The van der Waals surface area contributed by atoms with Gasteiger partial charge in [0.1, 0.15) is 6.61 Å². The molecule has 1 nitrogen and oxygen atoms in total. The SMILES string of the molecule is CC(C)=CCCC#CCO. The lowest BCUT2D eigenvalue weighted by Crippen LogP contribution is -1.72. The minimum absolute atomic E-state index is 0.0190. The first kappa shape index (κ1) is 9.26. The standard InChI is InChI=1S/C9H14O/c1-9(2)7-5-3-4-6-8-10/h7,10H,3,5,8H2,1-2H3. The van der Waals surface area contributed by atoms with Gasteiger partial charge in [-0.1, -0.05) is 17.6 Å². The summed E-state index contributed by atoms with van der Waals surface area (Å²) in [5, 5.41) is 8.29. The third kappa shape index (κ3) is 7.26. The van der Waals surface area contributed by atoms with Gasteiger partial charge in [0.05, 0.1) is 0 Å². The number of allylic oxidation sites excluding steroid dienone is 2. The van der Waals surface area contributed by atoms with E-state index >= 15 is 0 Å². The van der Waals surface area contributed by atoms with Gasteiger partial charge in [-0.05, 0) is 20.3 Å². The highest BCUT2D eigenvalue weighted by atomic mass is 16.2. The van der Waals surface area contributed by atoms with Crippen LogP contribution in [0.5, 0.6) is 0 Å². The van der Waals surface area contributed by atoms with Gasteiger partial charge in [0.15, 0.2) is 0 Å². The van der Waals surface area contributed by atoms with Crippen molar-refractivity contribution in [2.75, 3.05) is 6.61 Å². The van der Waals surface area contributed by atoms with Crippen molar-refractivity contribution in [1.29, 1.82) is 0 Å². The highest BCUT2D eigenvalue weighted by Crippen LogP contribution is 1.94. The molecule has 1 N–H and O–H groups in total. The summed E-state index contributed by atoms with van der Waals surface area (Å²) in [4.78, 5) is 0. The van der Waals surface area contributed by atoms with Crippen LogP contribution >= 0.6 is 0 Å². The summed E-state index contributed by atoms with van der Waals surface area (Å²) >= 11 is 0. The highest BCUT2D eigenvalue weighted by molar-refractivity contribution is 5.02. The molecule has 56 valence electrons. The van der Waals surface area contributed by atoms with Crippen molar-refractivity contribution < 1.29 is 5.11 Å². The van der Waals surface area contributed by atoms with Crippen LogP contribution in [0.2, 0.25) is 0 Å². The molecule has 0 bridgehead atoms. The lowest BCUT2D eigenvalue weighted by molar-refractivity contribution is 0.350. The van der Waals surface area contributed by atoms with Crippen LogP contribution < -0.4 is 0 Å². The molecule has 0 heterocycles. The zero-order valence-electron chi connectivity index (χ0n) is 6.65. The maximum atomic E-state index is 8.29. The van der Waals surface area contributed by atoms with Crippen LogP contribution in [0.1, 0.15) is 26.7 Å². The van der Waals surface area contributed by atoms with E-state index in [4.69, 9.17) is 5.11 Å². The second-order valence-electron chi connectivity index (χ2n) is 2.33. The topological polar surface area (TPSA) is 20.2 Å². The van der Waals surface area contributed by atoms with Crippen molar-refractivity contribution >= 4 is 0 Å². The van der Waals surface area contributed by atoms with Gasteiger partial charge in [-0.15, -0.1) is 5.92 Å². The van der Waals surface area contributed by atoms with Crippen LogP contribution in [-0.4, -0.2) is 11.7 Å². The molecule has 0 aromatic rings. The van der Waals surface area contributed by atoms with Gasteiger partial charge in [-0.25, -0.2) is 0 Å². The second-order valence-corrected chi connectivity index (χ2v) is 2.33. The smallest absolute Gasteiger partial charge is 0.104 e. The minimum Gasteiger partial charge on any atom is -0.384 e. The van der Waals surface area contributed by atoms with Crippen molar-refractivity contribution in [3.63, 3.8) is 0 Å². The molecule has 0 saturated carbocycles. The van der Waals surface area contributed by atoms with E-state index in [1.54, 1.807) is 0 Å². The van der Waals surface area contributed by atoms with Crippen molar-refractivity contribution in [3.8, 4) is 11.8 Å². The molecule has 0 aliphatic heterocycles. The fourth-order valence-electron chi connectivity index (χ4n) is 0.577. The van der Waals surface area contributed by atoms with Crippen LogP contribution in [0.3, 0.4) is 0 Å². The zero-order valence-corrected chi connectivity index (χ0v) is 6.65. The van der Waals surface area contributed by atoms with Crippen LogP contribution in [0.4, 0.5) is 0 Å². The Morgan fingerprint density at radius 2 is 2.10 bits per heavy atom. The van der Waals surface area contributed by atoms with E-state index in [0.29, 0.717) is 0 Å².